The fraction of sp³-hybridized carbons (Fsp3) is 0.500. The summed E-state index contributed by atoms with van der Waals surface area (Å²) in [4.78, 5) is 29.6. The average molecular weight is 429 g/mol. The normalized spacial score (nSPS) is 14.6. The van der Waals surface area contributed by atoms with Gasteiger partial charge in [0.15, 0.2) is 0 Å². The Balaban J connectivity index is 2.59. The van der Waals surface area contributed by atoms with Crippen LogP contribution in [-0.2, 0) is 19.1 Å². The maximum Gasteiger partial charge on any atom is 0.277 e. The summed E-state index contributed by atoms with van der Waals surface area (Å²) in [6.45, 7) is 5.94. The third-order valence-corrected chi connectivity index (χ3v) is 4.89. The number of halogens is 2. The minimum Gasteiger partial charge on any atom is -0.383 e. The predicted octanol–water partition coefficient (Wildman–Crippen LogP) is 3.32. The first-order chi connectivity index (χ1) is 13.3. The van der Waals surface area contributed by atoms with E-state index in [1.807, 2.05) is 18.7 Å². The molecule has 0 N–H and O–H groups in total. The fourth-order valence-electron chi connectivity index (χ4n) is 3.06. The lowest BCUT2D eigenvalue weighted by Gasteiger charge is -2.26. The topological polar surface area (TPSA) is 59.1 Å². The second-order valence-electron chi connectivity index (χ2n) is 6.94. The summed E-state index contributed by atoms with van der Waals surface area (Å²) in [6, 6.07) is 4.90. The van der Waals surface area contributed by atoms with Crippen molar-refractivity contribution >= 4 is 40.6 Å². The van der Waals surface area contributed by atoms with Crippen molar-refractivity contribution < 1.29 is 19.1 Å². The number of benzene rings is 1. The van der Waals surface area contributed by atoms with Crippen molar-refractivity contribution in [2.45, 2.75) is 13.8 Å². The van der Waals surface area contributed by atoms with E-state index in [1.54, 1.807) is 32.4 Å². The lowest BCUT2D eigenvalue weighted by molar-refractivity contribution is -0.138. The highest BCUT2D eigenvalue weighted by Crippen LogP contribution is 2.36. The summed E-state index contributed by atoms with van der Waals surface area (Å²) in [6.07, 6.45) is 0. The summed E-state index contributed by atoms with van der Waals surface area (Å²) in [5, 5.41) is 0.785. The first kappa shape index (κ1) is 22.7. The van der Waals surface area contributed by atoms with E-state index in [2.05, 4.69) is 0 Å². The van der Waals surface area contributed by atoms with E-state index in [9.17, 15) is 9.59 Å². The zero-order chi connectivity index (χ0) is 20.8. The number of ether oxygens (including phenoxy) is 2. The van der Waals surface area contributed by atoms with Gasteiger partial charge in [0.2, 0.25) is 0 Å². The molecule has 1 aromatic rings. The standard InChI is InChI=1S/C20H26Cl2N2O4/c1-13(2)12-24-19(25)17(15-6-5-14(21)11-16(15)22)18(20(24)26)23(7-9-27-3)8-10-28-4/h5-6,11,13H,7-10,12H2,1-4H3. The van der Waals surface area contributed by atoms with Crippen LogP contribution in [0.1, 0.15) is 19.4 Å². The van der Waals surface area contributed by atoms with Gasteiger partial charge in [0.25, 0.3) is 11.8 Å². The smallest absolute Gasteiger partial charge is 0.277 e. The van der Waals surface area contributed by atoms with Gasteiger partial charge < -0.3 is 14.4 Å². The van der Waals surface area contributed by atoms with Crippen molar-refractivity contribution in [2.75, 3.05) is 47.1 Å². The van der Waals surface area contributed by atoms with Gasteiger partial charge in [0.1, 0.15) is 5.70 Å². The molecule has 6 nitrogen and oxygen atoms in total. The number of imide groups is 1. The number of amides is 2. The summed E-state index contributed by atoms with van der Waals surface area (Å²) in [5.41, 5.74) is 1.11. The molecule has 0 spiro atoms. The van der Waals surface area contributed by atoms with Crippen LogP contribution in [0.2, 0.25) is 10.0 Å². The Morgan fingerprint density at radius 2 is 1.64 bits per heavy atom. The van der Waals surface area contributed by atoms with Gasteiger partial charge in [-0.05, 0) is 18.1 Å². The molecule has 0 saturated heterocycles. The zero-order valence-corrected chi connectivity index (χ0v) is 18.1. The van der Waals surface area contributed by atoms with Gasteiger partial charge in [-0.2, -0.15) is 0 Å². The number of nitrogens with zero attached hydrogens (tertiary/aromatic N) is 2. The van der Waals surface area contributed by atoms with Gasteiger partial charge in [-0.3, -0.25) is 14.5 Å². The Bertz CT molecular complexity index is 757. The van der Waals surface area contributed by atoms with Crippen LogP contribution in [0.25, 0.3) is 5.57 Å². The molecule has 1 aliphatic rings. The summed E-state index contributed by atoms with van der Waals surface area (Å²) in [7, 11) is 3.18. The highest BCUT2D eigenvalue weighted by Gasteiger charge is 2.42. The van der Waals surface area contributed by atoms with Crippen LogP contribution >= 0.6 is 23.2 Å². The Morgan fingerprint density at radius 3 is 2.14 bits per heavy atom. The lowest BCUT2D eigenvalue weighted by Crippen LogP contribution is -2.39. The van der Waals surface area contributed by atoms with E-state index in [-0.39, 0.29) is 17.7 Å². The van der Waals surface area contributed by atoms with E-state index in [1.165, 1.54) is 4.90 Å². The molecule has 0 atom stereocenters. The van der Waals surface area contributed by atoms with Gasteiger partial charge in [0, 0.05) is 44.4 Å². The van der Waals surface area contributed by atoms with E-state index in [0.717, 1.165) is 0 Å². The molecule has 1 aliphatic heterocycles. The van der Waals surface area contributed by atoms with Crippen molar-refractivity contribution in [3.8, 4) is 0 Å². The molecule has 0 saturated carbocycles. The van der Waals surface area contributed by atoms with Gasteiger partial charge in [0.05, 0.1) is 23.8 Å². The maximum absolute atomic E-state index is 13.2. The zero-order valence-electron chi connectivity index (χ0n) is 16.6. The second-order valence-corrected chi connectivity index (χ2v) is 7.78. The van der Waals surface area contributed by atoms with E-state index < -0.39 is 0 Å². The van der Waals surface area contributed by atoms with E-state index in [4.69, 9.17) is 32.7 Å². The summed E-state index contributed by atoms with van der Waals surface area (Å²) < 4.78 is 10.4. The van der Waals surface area contributed by atoms with Gasteiger partial charge in [-0.25, -0.2) is 0 Å². The maximum atomic E-state index is 13.2. The molecular formula is C20H26Cl2N2O4. The van der Waals surface area contributed by atoms with Crippen molar-refractivity contribution in [2.24, 2.45) is 5.92 Å². The number of carbonyl (C=O) groups is 2. The van der Waals surface area contributed by atoms with Crippen LogP contribution in [0.4, 0.5) is 0 Å². The SMILES string of the molecule is COCCN(CCOC)C1=C(c2ccc(Cl)cc2Cl)C(=O)N(CC(C)C)C1=O. The Hall–Kier alpha value is -1.60. The minimum atomic E-state index is -0.349. The average Bonchev–Trinajstić information content (AvgIpc) is 2.86. The first-order valence-electron chi connectivity index (χ1n) is 9.10. The molecule has 154 valence electrons. The first-order valence-corrected chi connectivity index (χ1v) is 9.86. The Morgan fingerprint density at radius 1 is 1.04 bits per heavy atom. The van der Waals surface area contributed by atoms with Crippen molar-refractivity contribution in [3.05, 3.63) is 39.5 Å². The molecule has 0 aromatic heterocycles. The van der Waals surface area contributed by atoms with Gasteiger partial charge >= 0.3 is 0 Å². The number of methoxy groups -OCH3 is 2. The van der Waals surface area contributed by atoms with Crippen LogP contribution in [0.5, 0.6) is 0 Å². The third-order valence-electron chi connectivity index (χ3n) is 4.34. The summed E-state index contributed by atoms with van der Waals surface area (Å²) >= 11 is 12.4. The molecule has 1 aromatic carbocycles. The number of hydrogen-bond acceptors (Lipinski definition) is 5. The molecule has 0 unspecified atom stereocenters. The number of hydrogen-bond donors (Lipinski definition) is 0. The highest BCUT2D eigenvalue weighted by molar-refractivity contribution is 6.41. The van der Waals surface area contributed by atoms with Crippen LogP contribution in [0, 0.1) is 5.92 Å². The minimum absolute atomic E-state index is 0.139. The molecule has 28 heavy (non-hydrogen) atoms. The Kier molecular flexibility index (Phi) is 8.31. The molecule has 0 fully saturated rings. The lowest BCUT2D eigenvalue weighted by atomic mass is 10.0. The van der Waals surface area contributed by atoms with Crippen molar-refractivity contribution in [3.63, 3.8) is 0 Å². The second kappa shape index (κ2) is 10.3. The molecule has 0 radical (unpaired) electrons. The van der Waals surface area contributed by atoms with Gasteiger partial charge in [-0.1, -0.05) is 43.1 Å². The van der Waals surface area contributed by atoms with Crippen molar-refractivity contribution in [1.82, 2.24) is 9.80 Å². The van der Waals surface area contributed by atoms with E-state index >= 15 is 0 Å². The molecular weight excluding hydrogens is 403 g/mol. The summed E-state index contributed by atoms with van der Waals surface area (Å²) in [5.74, 6) is -0.537. The number of rotatable bonds is 10. The number of carbonyl (C=O) groups excluding carboxylic acids is 2. The van der Waals surface area contributed by atoms with E-state index in [0.29, 0.717) is 59.7 Å². The van der Waals surface area contributed by atoms with Crippen LogP contribution < -0.4 is 0 Å². The molecule has 0 aliphatic carbocycles. The molecule has 1 heterocycles. The highest BCUT2D eigenvalue weighted by atomic mass is 35.5. The van der Waals surface area contributed by atoms with Crippen LogP contribution in [0.3, 0.4) is 0 Å². The largest absolute Gasteiger partial charge is 0.383 e. The molecule has 8 heteroatoms. The van der Waals surface area contributed by atoms with Crippen LogP contribution in [0.15, 0.2) is 23.9 Å². The molecule has 2 rings (SSSR count). The molecule has 2 amide bonds. The molecule has 0 bridgehead atoms. The quantitative estimate of drug-likeness (QED) is 0.534. The monoisotopic (exact) mass is 428 g/mol. The van der Waals surface area contributed by atoms with Crippen LogP contribution in [-0.4, -0.2) is 68.7 Å². The predicted molar refractivity (Wildman–Crippen MR) is 110 cm³/mol. The third kappa shape index (κ3) is 5.06. The Labute approximate surface area is 176 Å². The fourth-order valence-corrected chi connectivity index (χ4v) is 3.56. The van der Waals surface area contributed by atoms with Crippen molar-refractivity contribution in [1.29, 1.82) is 0 Å². The van der Waals surface area contributed by atoms with Gasteiger partial charge in [-0.15, -0.1) is 0 Å².